The van der Waals surface area contributed by atoms with E-state index >= 15 is 0 Å². The van der Waals surface area contributed by atoms with Crippen molar-refractivity contribution in [2.75, 3.05) is 12.0 Å². The predicted octanol–water partition coefficient (Wildman–Crippen LogP) is 0.952. The number of nitrogens with two attached hydrogens (primary N) is 1. The Bertz CT molecular complexity index is 1290. The largest absolute Gasteiger partial charge is 0.480 e. The molecule has 0 radical (unpaired) electrons. The fourth-order valence-corrected chi connectivity index (χ4v) is 4.75. The Hall–Kier alpha value is -3.84. The van der Waals surface area contributed by atoms with Crippen LogP contribution in [0.25, 0.3) is 10.9 Å². The van der Waals surface area contributed by atoms with E-state index in [9.17, 15) is 24.3 Å². The second kappa shape index (κ2) is 14.5. The first-order valence-corrected chi connectivity index (χ1v) is 14.4. The molecule has 4 unspecified atom stereocenters. The Morgan fingerprint density at radius 2 is 1.73 bits per heavy atom. The van der Waals surface area contributed by atoms with Crippen LogP contribution in [0.1, 0.15) is 31.5 Å². The van der Waals surface area contributed by atoms with E-state index in [0.29, 0.717) is 11.4 Å². The zero-order chi connectivity index (χ0) is 29.2. The first-order chi connectivity index (χ1) is 19.1. The molecule has 0 aliphatic heterocycles. The number of H-pyrrole nitrogens is 2. The molecule has 13 heteroatoms. The van der Waals surface area contributed by atoms with Crippen LogP contribution in [0.3, 0.4) is 0 Å². The number of aromatic amines is 2. The Kier molecular flexibility index (Phi) is 11.1. The minimum atomic E-state index is -1.16. The zero-order valence-corrected chi connectivity index (χ0v) is 23.6. The van der Waals surface area contributed by atoms with Gasteiger partial charge in [0, 0.05) is 35.4 Å². The van der Waals surface area contributed by atoms with Gasteiger partial charge in [-0.3, -0.25) is 14.4 Å². The molecular formula is C27H37N7O5S. The zero-order valence-electron chi connectivity index (χ0n) is 22.8. The molecule has 2 heterocycles. The molecule has 1 aromatic carbocycles. The summed E-state index contributed by atoms with van der Waals surface area (Å²) in [5, 5.41) is 18.5. The van der Waals surface area contributed by atoms with Gasteiger partial charge in [-0.05, 0) is 42.4 Å². The molecule has 3 rings (SSSR count). The number of aliphatic carboxylic acids is 1. The number of aromatic nitrogens is 3. The third-order valence-electron chi connectivity index (χ3n) is 6.54. The highest BCUT2D eigenvalue weighted by molar-refractivity contribution is 7.98. The van der Waals surface area contributed by atoms with Crippen molar-refractivity contribution in [3.63, 3.8) is 0 Å². The average molecular weight is 572 g/mol. The predicted molar refractivity (Wildman–Crippen MR) is 154 cm³/mol. The van der Waals surface area contributed by atoms with E-state index in [2.05, 4.69) is 30.9 Å². The van der Waals surface area contributed by atoms with E-state index in [4.69, 9.17) is 5.73 Å². The topological polar surface area (TPSA) is 195 Å². The summed E-state index contributed by atoms with van der Waals surface area (Å²) in [5.74, 6) is -2.69. The number of benzene rings is 1. The maximum Gasteiger partial charge on any atom is 0.326 e. The minimum absolute atomic E-state index is 0.0469. The number of nitrogens with zero attached hydrogens (tertiary/aromatic N) is 1. The van der Waals surface area contributed by atoms with E-state index < -0.39 is 47.9 Å². The quantitative estimate of drug-likeness (QED) is 0.140. The van der Waals surface area contributed by atoms with Crippen LogP contribution in [0.4, 0.5) is 0 Å². The minimum Gasteiger partial charge on any atom is -0.480 e. The van der Waals surface area contributed by atoms with Gasteiger partial charge in [0.1, 0.15) is 18.1 Å². The van der Waals surface area contributed by atoms with Gasteiger partial charge in [-0.2, -0.15) is 11.8 Å². The third-order valence-corrected chi connectivity index (χ3v) is 7.18. The monoisotopic (exact) mass is 571 g/mol. The summed E-state index contributed by atoms with van der Waals surface area (Å²) in [5.41, 5.74) is 8.61. The van der Waals surface area contributed by atoms with Gasteiger partial charge in [0.25, 0.3) is 0 Å². The molecule has 0 fully saturated rings. The van der Waals surface area contributed by atoms with Crippen LogP contribution >= 0.6 is 11.8 Å². The highest BCUT2D eigenvalue weighted by atomic mass is 32.2. The van der Waals surface area contributed by atoms with Crippen molar-refractivity contribution in [2.24, 2.45) is 11.7 Å². The molecule has 0 aliphatic carbocycles. The Morgan fingerprint density at radius 3 is 2.38 bits per heavy atom. The van der Waals surface area contributed by atoms with Crippen molar-refractivity contribution in [3.05, 3.63) is 54.2 Å². The van der Waals surface area contributed by atoms with Crippen LogP contribution < -0.4 is 21.7 Å². The standard InChI is InChI=1S/C27H37N7O5S/c1-15(2)23(34-24(35)19(28)10-16-12-30-20-7-5-4-6-18(16)20)26(37)33-22(11-17-13-29-14-31-17)25(36)32-21(27(38)39)8-9-40-3/h4-7,12-15,19,21-23,30H,8-11,28H2,1-3H3,(H,29,31)(H,32,36)(H,33,37)(H,34,35)(H,38,39). The lowest BCUT2D eigenvalue weighted by Gasteiger charge is -2.27. The fraction of sp³-hybridized carbons (Fsp3) is 0.444. The number of fused-ring (bicyclic) bond motifs is 1. The molecule has 0 saturated carbocycles. The molecule has 0 aliphatic rings. The van der Waals surface area contributed by atoms with Crippen LogP contribution in [-0.2, 0) is 32.0 Å². The number of carbonyl (C=O) groups is 4. The SMILES string of the molecule is CSCCC(NC(=O)C(Cc1cnc[nH]1)NC(=O)C(NC(=O)C(N)Cc1c[nH]c2ccccc12)C(C)C)C(=O)O. The lowest BCUT2D eigenvalue weighted by molar-refractivity contribution is -0.142. The molecular weight excluding hydrogens is 534 g/mol. The van der Waals surface area contributed by atoms with Crippen LogP contribution in [0.2, 0.25) is 0 Å². The molecule has 40 heavy (non-hydrogen) atoms. The van der Waals surface area contributed by atoms with E-state index in [1.54, 1.807) is 13.8 Å². The van der Waals surface area contributed by atoms with Gasteiger partial charge >= 0.3 is 5.97 Å². The number of nitrogens with one attached hydrogen (secondary N) is 5. The first kappa shape index (κ1) is 30.7. The summed E-state index contributed by atoms with van der Waals surface area (Å²) in [6, 6.07) is 3.58. The number of carboxylic acid groups (broad SMARTS) is 1. The Labute approximate surface area is 236 Å². The molecule has 3 aromatic rings. The van der Waals surface area contributed by atoms with Gasteiger partial charge in [0.2, 0.25) is 17.7 Å². The summed E-state index contributed by atoms with van der Waals surface area (Å²) in [6.07, 6.45) is 7.15. The van der Waals surface area contributed by atoms with Crippen molar-refractivity contribution in [1.82, 2.24) is 30.9 Å². The number of para-hydroxylation sites is 1. The third kappa shape index (κ3) is 8.33. The molecule has 0 bridgehead atoms. The van der Waals surface area contributed by atoms with E-state index in [1.165, 1.54) is 24.3 Å². The average Bonchev–Trinajstić information content (AvgIpc) is 3.58. The molecule has 3 amide bonds. The number of carbonyl (C=O) groups excluding carboxylic acids is 3. The summed E-state index contributed by atoms with van der Waals surface area (Å²) >= 11 is 1.46. The van der Waals surface area contributed by atoms with Crippen LogP contribution in [0.5, 0.6) is 0 Å². The van der Waals surface area contributed by atoms with Gasteiger partial charge in [-0.1, -0.05) is 32.0 Å². The first-order valence-electron chi connectivity index (χ1n) is 13.0. The van der Waals surface area contributed by atoms with Gasteiger partial charge in [0.05, 0.1) is 12.4 Å². The summed E-state index contributed by atoms with van der Waals surface area (Å²) < 4.78 is 0. The molecule has 8 N–H and O–H groups in total. The van der Waals surface area contributed by atoms with Gasteiger partial charge in [0.15, 0.2) is 0 Å². The summed E-state index contributed by atoms with van der Waals surface area (Å²) in [7, 11) is 0. The Morgan fingerprint density at radius 1 is 1.00 bits per heavy atom. The number of hydrogen-bond donors (Lipinski definition) is 7. The number of carboxylic acids is 1. The van der Waals surface area contributed by atoms with Crippen LogP contribution in [-0.4, -0.2) is 79.9 Å². The highest BCUT2D eigenvalue weighted by Crippen LogP contribution is 2.19. The number of amides is 3. The molecule has 0 saturated heterocycles. The van der Waals surface area contributed by atoms with Crippen molar-refractivity contribution >= 4 is 46.4 Å². The van der Waals surface area contributed by atoms with Crippen molar-refractivity contribution in [1.29, 1.82) is 0 Å². The van der Waals surface area contributed by atoms with Crippen LogP contribution in [0, 0.1) is 5.92 Å². The molecule has 2 aromatic heterocycles. The molecule has 4 atom stereocenters. The number of imidazole rings is 1. The van der Waals surface area contributed by atoms with Gasteiger partial charge < -0.3 is 36.8 Å². The highest BCUT2D eigenvalue weighted by Gasteiger charge is 2.32. The molecule has 12 nitrogen and oxygen atoms in total. The number of rotatable bonds is 15. The maximum atomic E-state index is 13.4. The normalized spacial score (nSPS) is 14.3. The van der Waals surface area contributed by atoms with E-state index in [0.717, 1.165) is 16.5 Å². The maximum absolute atomic E-state index is 13.4. The fourth-order valence-electron chi connectivity index (χ4n) is 4.28. The summed E-state index contributed by atoms with van der Waals surface area (Å²) in [4.78, 5) is 61.2. The second-order valence-corrected chi connectivity index (χ2v) is 10.9. The smallest absolute Gasteiger partial charge is 0.326 e. The summed E-state index contributed by atoms with van der Waals surface area (Å²) in [6.45, 7) is 3.53. The van der Waals surface area contributed by atoms with Crippen molar-refractivity contribution in [3.8, 4) is 0 Å². The lowest BCUT2D eigenvalue weighted by Crippen LogP contribution is -2.59. The van der Waals surface area contributed by atoms with E-state index in [1.807, 2.05) is 36.7 Å². The van der Waals surface area contributed by atoms with Crippen molar-refractivity contribution < 1.29 is 24.3 Å². The van der Waals surface area contributed by atoms with Crippen LogP contribution in [0.15, 0.2) is 43.0 Å². The second-order valence-electron chi connectivity index (χ2n) is 9.92. The Balaban J connectivity index is 1.70. The molecule has 216 valence electrons. The number of thioether (sulfide) groups is 1. The van der Waals surface area contributed by atoms with Crippen molar-refractivity contribution in [2.45, 2.75) is 57.3 Å². The lowest BCUT2D eigenvalue weighted by atomic mass is 10.00. The number of hydrogen-bond acceptors (Lipinski definition) is 7. The molecule has 0 spiro atoms. The van der Waals surface area contributed by atoms with Gasteiger partial charge in [-0.15, -0.1) is 0 Å². The van der Waals surface area contributed by atoms with E-state index in [-0.39, 0.29) is 25.2 Å². The van der Waals surface area contributed by atoms with Gasteiger partial charge in [-0.25, -0.2) is 9.78 Å².